The first-order chi connectivity index (χ1) is 11.3. The van der Waals surface area contributed by atoms with Crippen LogP contribution in [0.4, 0.5) is 0 Å². The standard InChI is InChI=1S/C17H20N4O2/c1-2-3-9-15-19-20-16(23-15)17(22)21-11-10-18-14(12-21)13-7-5-4-6-8-13/h2-8,14,18H,9-12H2,1H3/b3-2+/t14-/m0/s1. The van der Waals surface area contributed by atoms with Crippen LogP contribution in [0, 0.1) is 0 Å². The van der Waals surface area contributed by atoms with Crippen molar-refractivity contribution >= 4 is 5.91 Å². The zero-order valence-corrected chi connectivity index (χ0v) is 13.1. The highest BCUT2D eigenvalue weighted by atomic mass is 16.4. The number of allylic oxidation sites excluding steroid dienone is 2. The molecule has 1 atom stereocenters. The molecule has 3 rings (SSSR count). The Morgan fingerprint density at radius 1 is 1.39 bits per heavy atom. The fourth-order valence-electron chi connectivity index (χ4n) is 2.62. The summed E-state index contributed by atoms with van der Waals surface area (Å²) in [5.41, 5.74) is 1.17. The van der Waals surface area contributed by atoms with Crippen LogP contribution in [0.2, 0.25) is 0 Å². The van der Waals surface area contributed by atoms with Crippen LogP contribution in [0.25, 0.3) is 0 Å². The van der Waals surface area contributed by atoms with Crippen LogP contribution in [-0.4, -0.2) is 40.6 Å². The van der Waals surface area contributed by atoms with Gasteiger partial charge in [0.25, 0.3) is 0 Å². The number of benzene rings is 1. The molecule has 1 N–H and O–H groups in total. The summed E-state index contributed by atoms with van der Waals surface area (Å²) in [4.78, 5) is 14.3. The molecule has 1 aromatic carbocycles. The Kier molecular flexibility index (Phi) is 4.83. The fraction of sp³-hybridized carbons (Fsp3) is 0.353. The van der Waals surface area contributed by atoms with E-state index in [1.807, 2.05) is 37.3 Å². The highest BCUT2D eigenvalue weighted by Gasteiger charge is 2.28. The van der Waals surface area contributed by atoms with Gasteiger partial charge in [0.05, 0.1) is 0 Å². The summed E-state index contributed by atoms with van der Waals surface area (Å²) in [6.07, 6.45) is 4.37. The third kappa shape index (κ3) is 3.65. The molecule has 0 radical (unpaired) electrons. The Labute approximate surface area is 135 Å². The van der Waals surface area contributed by atoms with E-state index in [4.69, 9.17) is 4.42 Å². The average molecular weight is 312 g/mol. The lowest BCUT2D eigenvalue weighted by Crippen LogP contribution is -2.48. The van der Waals surface area contributed by atoms with Crippen LogP contribution < -0.4 is 5.32 Å². The molecule has 1 aliphatic rings. The molecule has 6 nitrogen and oxygen atoms in total. The Morgan fingerprint density at radius 3 is 3.00 bits per heavy atom. The topological polar surface area (TPSA) is 71.3 Å². The molecule has 1 saturated heterocycles. The molecule has 23 heavy (non-hydrogen) atoms. The summed E-state index contributed by atoms with van der Waals surface area (Å²) < 4.78 is 5.46. The van der Waals surface area contributed by atoms with Gasteiger partial charge < -0.3 is 14.6 Å². The van der Waals surface area contributed by atoms with Crippen LogP contribution >= 0.6 is 0 Å². The highest BCUT2D eigenvalue weighted by molar-refractivity contribution is 5.89. The Morgan fingerprint density at radius 2 is 2.22 bits per heavy atom. The van der Waals surface area contributed by atoms with E-state index in [9.17, 15) is 4.79 Å². The third-order valence-corrected chi connectivity index (χ3v) is 3.84. The largest absolute Gasteiger partial charge is 0.417 e. The quantitative estimate of drug-likeness (QED) is 0.874. The molecule has 0 aliphatic carbocycles. The SMILES string of the molecule is C/C=C/Cc1nnc(C(=O)N2CCN[C@H](c3ccccc3)C2)o1. The van der Waals surface area contributed by atoms with Gasteiger partial charge in [-0.3, -0.25) is 4.79 Å². The van der Waals surface area contributed by atoms with Gasteiger partial charge in [-0.2, -0.15) is 0 Å². The number of nitrogens with zero attached hydrogens (tertiary/aromatic N) is 3. The number of carbonyl (C=O) groups is 1. The first-order valence-electron chi connectivity index (χ1n) is 7.79. The van der Waals surface area contributed by atoms with E-state index in [1.54, 1.807) is 4.90 Å². The number of amides is 1. The first-order valence-corrected chi connectivity index (χ1v) is 7.79. The van der Waals surface area contributed by atoms with Crippen molar-refractivity contribution in [1.82, 2.24) is 20.4 Å². The predicted octanol–water partition coefficient (Wildman–Crippen LogP) is 1.97. The van der Waals surface area contributed by atoms with Crippen LogP contribution in [0.3, 0.4) is 0 Å². The lowest BCUT2D eigenvalue weighted by molar-refractivity contribution is 0.0661. The van der Waals surface area contributed by atoms with Gasteiger partial charge in [0, 0.05) is 32.1 Å². The van der Waals surface area contributed by atoms with Crippen molar-refractivity contribution in [3.63, 3.8) is 0 Å². The van der Waals surface area contributed by atoms with Gasteiger partial charge in [0.1, 0.15) is 0 Å². The zero-order valence-electron chi connectivity index (χ0n) is 13.1. The van der Waals surface area contributed by atoms with Crippen LogP contribution in [0.15, 0.2) is 46.9 Å². The van der Waals surface area contributed by atoms with Gasteiger partial charge in [-0.25, -0.2) is 0 Å². The molecule has 0 saturated carbocycles. The molecule has 120 valence electrons. The number of hydrogen-bond donors (Lipinski definition) is 1. The minimum absolute atomic E-state index is 0.0678. The maximum absolute atomic E-state index is 12.5. The molecular weight excluding hydrogens is 292 g/mol. The lowest BCUT2D eigenvalue weighted by Gasteiger charge is -2.33. The maximum Gasteiger partial charge on any atom is 0.311 e. The Bertz CT molecular complexity index is 681. The Hall–Kier alpha value is -2.47. The summed E-state index contributed by atoms with van der Waals surface area (Å²) in [7, 11) is 0. The van der Waals surface area contributed by atoms with Gasteiger partial charge >= 0.3 is 11.8 Å². The van der Waals surface area contributed by atoms with Crippen molar-refractivity contribution in [2.24, 2.45) is 0 Å². The molecule has 1 amide bonds. The van der Waals surface area contributed by atoms with E-state index in [0.717, 1.165) is 6.54 Å². The second-order valence-electron chi connectivity index (χ2n) is 5.44. The molecule has 2 aromatic rings. The fourth-order valence-corrected chi connectivity index (χ4v) is 2.62. The number of aromatic nitrogens is 2. The van der Waals surface area contributed by atoms with Crippen LogP contribution in [0.5, 0.6) is 0 Å². The molecule has 6 heteroatoms. The van der Waals surface area contributed by atoms with E-state index in [-0.39, 0.29) is 17.8 Å². The molecule has 0 bridgehead atoms. The summed E-state index contributed by atoms with van der Waals surface area (Å²) in [6.45, 7) is 3.89. The number of piperazine rings is 1. The van der Waals surface area contributed by atoms with Crippen molar-refractivity contribution in [3.8, 4) is 0 Å². The number of hydrogen-bond acceptors (Lipinski definition) is 5. The van der Waals surface area contributed by atoms with Gasteiger partial charge in [0.15, 0.2) is 0 Å². The van der Waals surface area contributed by atoms with Crippen molar-refractivity contribution in [1.29, 1.82) is 0 Å². The average Bonchev–Trinajstić information content (AvgIpc) is 3.09. The van der Waals surface area contributed by atoms with Gasteiger partial charge in [-0.1, -0.05) is 42.5 Å². The zero-order chi connectivity index (χ0) is 16.1. The van der Waals surface area contributed by atoms with Crippen molar-refractivity contribution in [2.75, 3.05) is 19.6 Å². The maximum atomic E-state index is 12.5. The molecule has 2 heterocycles. The molecule has 0 spiro atoms. The van der Waals surface area contributed by atoms with Crippen molar-refractivity contribution in [3.05, 3.63) is 59.8 Å². The molecule has 1 aromatic heterocycles. The highest BCUT2D eigenvalue weighted by Crippen LogP contribution is 2.18. The second-order valence-corrected chi connectivity index (χ2v) is 5.44. The minimum atomic E-state index is -0.202. The van der Waals surface area contributed by atoms with E-state index >= 15 is 0 Å². The van der Waals surface area contributed by atoms with Gasteiger partial charge in [0.2, 0.25) is 5.89 Å². The number of carbonyl (C=O) groups excluding carboxylic acids is 1. The first kappa shape index (κ1) is 15.4. The number of rotatable bonds is 4. The summed E-state index contributed by atoms with van der Waals surface area (Å²) in [6, 6.07) is 10.2. The van der Waals surface area contributed by atoms with Crippen LogP contribution in [-0.2, 0) is 6.42 Å². The van der Waals surface area contributed by atoms with E-state index in [0.29, 0.717) is 25.4 Å². The lowest BCUT2D eigenvalue weighted by atomic mass is 10.0. The van der Waals surface area contributed by atoms with Crippen molar-refractivity contribution in [2.45, 2.75) is 19.4 Å². The van der Waals surface area contributed by atoms with Crippen LogP contribution in [0.1, 0.15) is 35.1 Å². The summed E-state index contributed by atoms with van der Waals surface area (Å²) in [5.74, 6) is 0.325. The molecule has 1 fully saturated rings. The number of nitrogens with one attached hydrogen (secondary N) is 1. The summed E-state index contributed by atoms with van der Waals surface area (Å²) >= 11 is 0. The normalized spacial score (nSPS) is 18.5. The second kappa shape index (κ2) is 7.19. The van der Waals surface area contributed by atoms with E-state index in [1.165, 1.54) is 5.56 Å². The third-order valence-electron chi connectivity index (χ3n) is 3.84. The minimum Gasteiger partial charge on any atom is -0.417 e. The predicted molar refractivity (Wildman–Crippen MR) is 85.9 cm³/mol. The summed E-state index contributed by atoms with van der Waals surface area (Å²) in [5, 5.41) is 11.2. The monoisotopic (exact) mass is 312 g/mol. The van der Waals surface area contributed by atoms with Gasteiger partial charge in [-0.15, -0.1) is 10.2 Å². The van der Waals surface area contributed by atoms with Gasteiger partial charge in [-0.05, 0) is 12.5 Å². The van der Waals surface area contributed by atoms with E-state index in [2.05, 4.69) is 27.6 Å². The molecule has 0 unspecified atom stereocenters. The smallest absolute Gasteiger partial charge is 0.311 e. The molecular formula is C17H20N4O2. The Balaban J connectivity index is 1.68. The van der Waals surface area contributed by atoms with Crippen molar-refractivity contribution < 1.29 is 9.21 Å². The molecule has 1 aliphatic heterocycles. The van der Waals surface area contributed by atoms with E-state index < -0.39 is 0 Å².